The fourth-order valence-corrected chi connectivity index (χ4v) is 3.65. The zero-order chi connectivity index (χ0) is 24.9. The number of urea groups is 1. The molecule has 1 aliphatic rings. The number of benzene rings is 3. The van der Waals surface area contributed by atoms with Gasteiger partial charge in [-0.15, -0.1) is 0 Å². The van der Waals surface area contributed by atoms with Gasteiger partial charge in [-0.25, -0.2) is 14.1 Å². The van der Waals surface area contributed by atoms with Gasteiger partial charge in [-0.3, -0.25) is 14.9 Å². The van der Waals surface area contributed by atoms with Crippen LogP contribution in [0.3, 0.4) is 0 Å². The Morgan fingerprint density at radius 1 is 0.971 bits per heavy atom. The molecule has 0 radical (unpaired) electrons. The Morgan fingerprint density at radius 3 is 2.51 bits per heavy atom. The predicted octanol–water partition coefficient (Wildman–Crippen LogP) is 5.12. The summed E-state index contributed by atoms with van der Waals surface area (Å²) >= 11 is 5.99. The summed E-state index contributed by atoms with van der Waals surface area (Å²) in [5.74, 6) is -1.18. The van der Waals surface area contributed by atoms with Gasteiger partial charge < -0.3 is 9.47 Å². The summed E-state index contributed by atoms with van der Waals surface area (Å²) in [6, 6.07) is 16.2. The molecule has 4 rings (SSSR count). The molecule has 35 heavy (non-hydrogen) atoms. The Morgan fingerprint density at radius 2 is 1.77 bits per heavy atom. The van der Waals surface area contributed by atoms with E-state index in [1.54, 1.807) is 49.4 Å². The van der Waals surface area contributed by atoms with Crippen LogP contribution in [0.2, 0.25) is 5.02 Å². The van der Waals surface area contributed by atoms with Gasteiger partial charge in [0, 0.05) is 5.02 Å². The molecule has 0 aromatic heterocycles. The lowest BCUT2D eigenvalue weighted by atomic mass is 10.1. The first-order chi connectivity index (χ1) is 16.9. The minimum Gasteiger partial charge on any atom is -0.490 e. The van der Waals surface area contributed by atoms with Crippen LogP contribution in [0, 0.1) is 5.82 Å². The molecule has 1 aliphatic heterocycles. The second-order valence-corrected chi connectivity index (χ2v) is 7.93. The fraction of sp³-hybridized carbons (Fsp3) is 0.115. The van der Waals surface area contributed by atoms with Crippen LogP contribution in [0.5, 0.6) is 11.5 Å². The number of carbonyl (C=O) groups is 3. The van der Waals surface area contributed by atoms with Crippen molar-refractivity contribution in [3.8, 4) is 11.5 Å². The van der Waals surface area contributed by atoms with Crippen molar-refractivity contribution in [3.63, 3.8) is 0 Å². The van der Waals surface area contributed by atoms with Crippen molar-refractivity contribution in [2.24, 2.45) is 0 Å². The van der Waals surface area contributed by atoms with Crippen LogP contribution in [0.1, 0.15) is 18.1 Å². The average Bonchev–Trinajstić information content (AvgIpc) is 2.81. The van der Waals surface area contributed by atoms with Crippen molar-refractivity contribution < 1.29 is 28.2 Å². The molecule has 178 valence electrons. The number of halogens is 2. The lowest BCUT2D eigenvalue weighted by Gasteiger charge is -2.26. The molecular weight excluding hydrogens is 475 g/mol. The third-order valence-electron chi connectivity index (χ3n) is 5.03. The van der Waals surface area contributed by atoms with Crippen LogP contribution in [0.15, 0.2) is 72.3 Å². The van der Waals surface area contributed by atoms with Crippen LogP contribution in [-0.4, -0.2) is 24.5 Å². The van der Waals surface area contributed by atoms with E-state index in [-0.39, 0.29) is 23.7 Å². The molecule has 3 aromatic rings. The van der Waals surface area contributed by atoms with Crippen LogP contribution in [-0.2, 0) is 16.2 Å². The van der Waals surface area contributed by atoms with E-state index in [9.17, 15) is 18.8 Å². The number of amides is 4. The number of barbiturate groups is 1. The minimum absolute atomic E-state index is 0.121. The van der Waals surface area contributed by atoms with Crippen LogP contribution in [0.4, 0.5) is 14.9 Å². The van der Waals surface area contributed by atoms with E-state index < -0.39 is 17.8 Å². The highest BCUT2D eigenvalue weighted by Gasteiger charge is 2.36. The number of imide groups is 2. The van der Waals surface area contributed by atoms with Crippen molar-refractivity contribution >= 4 is 41.2 Å². The molecule has 1 N–H and O–H groups in total. The highest BCUT2D eigenvalue weighted by molar-refractivity contribution is 6.39. The molecule has 0 spiro atoms. The van der Waals surface area contributed by atoms with Gasteiger partial charge in [0.25, 0.3) is 11.8 Å². The number of rotatable bonds is 7. The maximum atomic E-state index is 13.4. The van der Waals surface area contributed by atoms with Gasteiger partial charge in [-0.1, -0.05) is 35.9 Å². The van der Waals surface area contributed by atoms with Crippen molar-refractivity contribution in [3.05, 3.63) is 94.3 Å². The largest absolute Gasteiger partial charge is 0.490 e. The quantitative estimate of drug-likeness (QED) is 0.364. The van der Waals surface area contributed by atoms with Crippen LogP contribution >= 0.6 is 11.6 Å². The molecule has 0 atom stereocenters. The Balaban J connectivity index is 1.61. The highest BCUT2D eigenvalue weighted by Crippen LogP contribution is 2.31. The summed E-state index contributed by atoms with van der Waals surface area (Å²) < 4.78 is 24.9. The normalized spacial score (nSPS) is 14.8. The standard InChI is InChI=1S/C26H20ClFN2O5/c1-2-34-23-13-16(9-10-22(23)35-15-17-5-3-7-19(28)11-17)12-21-24(31)29-26(33)30(25(21)32)20-8-4-6-18(27)14-20/h3-14H,2,15H2,1H3,(H,29,31,33)/b21-12+. The maximum Gasteiger partial charge on any atom is 0.335 e. The third-order valence-corrected chi connectivity index (χ3v) is 5.27. The van der Waals surface area contributed by atoms with E-state index in [1.807, 2.05) is 0 Å². The molecule has 1 saturated heterocycles. The third kappa shape index (κ3) is 5.50. The van der Waals surface area contributed by atoms with Gasteiger partial charge in [0.2, 0.25) is 0 Å². The molecule has 4 amide bonds. The van der Waals surface area contributed by atoms with Gasteiger partial charge in [0.15, 0.2) is 11.5 Å². The summed E-state index contributed by atoms with van der Waals surface area (Å²) in [6.07, 6.45) is 1.36. The van der Waals surface area contributed by atoms with E-state index in [4.69, 9.17) is 21.1 Å². The summed E-state index contributed by atoms with van der Waals surface area (Å²) in [5.41, 5.74) is 1.12. The number of hydrogen-bond donors (Lipinski definition) is 1. The molecule has 0 bridgehead atoms. The van der Waals surface area contributed by atoms with Crippen molar-refractivity contribution in [1.82, 2.24) is 5.32 Å². The van der Waals surface area contributed by atoms with Crippen molar-refractivity contribution in [1.29, 1.82) is 0 Å². The highest BCUT2D eigenvalue weighted by atomic mass is 35.5. The number of nitrogens with zero attached hydrogens (tertiary/aromatic N) is 1. The Bertz CT molecular complexity index is 1340. The van der Waals surface area contributed by atoms with Gasteiger partial charge in [0.1, 0.15) is 18.0 Å². The molecule has 3 aromatic carbocycles. The lowest BCUT2D eigenvalue weighted by Crippen LogP contribution is -2.54. The van der Waals surface area contributed by atoms with E-state index in [2.05, 4.69) is 5.32 Å². The summed E-state index contributed by atoms with van der Waals surface area (Å²) in [6.45, 7) is 2.26. The number of anilines is 1. The number of ether oxygens (including phenoxy) is 2. The van der Waals surface area contributed by atoms with Gasteiger partial charge in [-0.2, -0.15) is 0 Å². The molecule has 7 nitrogen and oxygen atoms in total. The summed E-state index contributed by atoms with van der Waals surface area (Å²) in [7, 11) is 0. The second-order valence-electron chi connectivity index (χ2n) is 7.50. The minimum atomic E-state index is -0.865. The molecule has 0 aliphatic carbocycles. The first kappa shape index (κ1) is 24.0. The molecule has 0 saturated carbocycles. The van der Waals surface area contributed by atoms with E-state index in [0.29, 0.717) is 34.3 Å². The molecular formula is C26H20ClFN2O5. The second kappa shape index (κ2) is 10.4. The first-order valence-corrected chi connectivity index (χ1v) is 11.0. The molecule has 9 heteroatoms. The topological polar surface area (TPSA) is 84.9 Å². The SMILES string of the molecule is CCOc1cc(/C=C2\C(=O)NC(=O)N(c3cccc(Cl)c3)C2=O)ccc1OCc1cccc(F)c1. The number of hydrogen-bond acceptors (Lipinski definition) is 5. The summed E-state index contributed by atoms with van der Waals surface area (Å²) in [4.78, 5) is 38.7. The Labute approximate surface area is 205 Å². The predicted molar refractivity (Wildman–Crippen MR) is 129 cm³/mol. The fourth-order valence-electron chi connectivity index (χ4n) is 3.46. The van der Waals surface area contributed by atoms with Crippen LogP contribution in [0.25, 0.3) is 6.08 Å². The van der Waals surface area contributed by atoms with Gasteiger partial charge in [-0.05, 0) is 66.6 Å². The van der Waals surface area contributed by atoms with Gasteiger partial charge >= 0.3 is 6.03 Å². The zero-order valence-electron chi connectivity index (χ0n) is 18.6. The summed E-state index contributed by atoms with van der Waals surface area (Å²) in [5, 5.41) is 2.51. The first-order valence-electron chi connectivity index (χ1n) is 10.7. The zero-order valence-corrected chi connectivity index (χ0v) is 19.3. The Kier molecular flexibility index (Phi) is 7.12. The average molecular weight is 495 g/mol. The maximum absolute atomic E-state index is 13.4. The number of nitrogens with one attached hydrogen (secondary N) is 1. The lowest BCUT2D eigenvalue weighted by molar-refractivity contribution is -0.122. The van der Waals surface area contributed by atoms with Crippen molar-refractivity contribution in [2.45, 2.75) is 13.5 Å². The molecule has 0 unspecified atom stereocenters. The smallest absolute Gasteiger partial charge is 0.335 e. The van der Waals surface area contributed by atoms with E-state index >= 15 is 0 Å². The molecule has 1 fully saturated rings. The Hall–Kier alpha value is -4.17. The van der Waals surface area contributed by atoms with E-state index in [1.165, 1.54) is 30.3 Å². The van der Waals surface area contributed by atoms with Crippen LogP contribution < -0.4 is 19.7 Å². The van der Waals surface area contributed by atoms with E-state index in [0.717, 1.165) is 4.90 Å². The van der Waals surface area contributed by atoms with Gasteiger partial charge in [0.05, 0.1) is 12.3 Å². The monoisotopic (exact) mass is 494 g/mol. The number of carbonyl (C=O) groups excluding carboxylic acids is 3. The van der Waals surface area contributed by atoms with Crippen molar-refractivity contribution in [2.75, 3.05) is 11.5 Å². The molecule has 1 heterocycles.